The number of allylic oxidation sites excluding steroid dienone is 6. The summed E-state index contributed by atoms with van der Waals surface area (Å²) in [7, 11) is 0. The zero-order valence-electron chi connectivity index (χ0n) is 7.16. The van der Waals surface area contributed by atoms with Crippen molar-refractivity contribution in [1.29, 1.82) is 0 Å². The van der Waals surface area contributed by atoms with Crippen LogP contribution in [0, 0.1) is 5.92 Å². The van der Waals surface area contributed by atoms with Crippen molar-refractivity contribution in [3.63, 3.8) is 0 Å². The number of hydrogen-bond donors (Lipinski definition) is 0. The van der Waals surface area contributed by atoms with E-state index in [2.05, 4.69) is 43.4 Å². The van der Waals surface area contributed by atoms with E-state index in [0.29, 0.717) is 5.92 Å². The van der Waals surface area contributed by atoms with Crippen LogP contribution in [0.2, 0.25) is 0 Å². The van der Waals surface area contributed by atoms with Crippen LogP contribution in [0.4, 0.5) is 0 Å². The van der Waals surface area contributed by atoms with Gasteiger partial charge in [-0.05, 0) is 25.2 Å². The minimum absolute atomic E-state index is 0.647. The van der Waals surface area contributed by atoms with E-state index in [4.69, 9.17) is 0 Å². The fourth-order valence-corrected chi connectivity index (χ4v) is 1.21. The Morgan fingerprint density at radius 1 is 1.36 bits per heavy atom. The summed E-state index contributed by atoms with van der Waals surface area (Å²) in [6, 6.07) is 0. The van der Waals surface area contributed by atoms with E-state index in [1.807, 2.05) is 0 Å². The summed E-state index contributed by atoms with van der Waals surface area (Å²) in [4.78, 5) is 0. The van der Waals surface area contributed by atoms with Crippen LogP contribution in [-0.2, 0) is 0 Å². The van der Waals surface area contributed by atoms with Crippen LogP contribution < -0.4 is 0 Å². The van der Waals surface area contributed by atoms with Gasteiger partial charge in [-0.3, -0.25) is 0 Å². The van der Waals surface area contributed by atoms with Gasteiger partial charge in [0.2, 0.25) is 0 Å². The van der Waals surface area contributed by atoms with Crippen LogP contribution >= 0.6 is 0 Å². The molecule has 0 saturated heterocycles. The maximum atomic E-state index is 2.30. The van der Waals surface area contributed by atoms with E-state index in [9.17, 15) is 0 Å². The van der Waals surface area contributed by atoms with E-state index in [0.717, 1.165) is 12.8 Å². The molecule has 0 unspecified atom stereocenters. The summed E-state index contributed by atoms with van der Waals surface area (Å²) < 4.78 is 0. The van der Waals surface area contributed by atoms with Gasteiger partial charge < -0.3 is 0 Å². The first-order valence-corrected chi connectivity index (χ1v) is 4.42. The predicted octanol–water partition coefficient (Wildman–Crippen LogP) is 3.48. The van der Waals surface area contributed by atoms with Crippen molar-refractivity contribution in [3.05, 3.63) is 36.5 Å². The van der Waals surface area contributed by atoms with Crippen molar-refractivity contribution in [3.8, 4) is 0 Å². The highest BCUT2D eigenvalue weighted by molar-refractivity contribution is 5.08. The van der Waals surface area contributed by atoms with E-state index in [1.54, 1.807) is 0 Å². The molecule has 11 heavy (non-hydrogen) atoms. The molecule has 0 aromatic heterocycles. The molecule has 0 heteroatoms. The van der Waals surface area contributed by atoms with Crippen molar-refractivity contribution < 1.29 is 0 Å². The average Bonchev–Trinajstić information content (AvgIpc) is 2.28. The van der Waals surface area contributed by atoms with Crippen molar-refractivity contribution >= 4 is 0 Å². The SMILES string of the molecule is CCC=C[C@@H]1C=CCC=CC1. The first-order valence-electron chi connectivity index (χ1n) is 4.42. The monoisotopic (exact) mass is 148 g/mol. The Hall–Kier alpha value is -0.780. The summed E-state index contributed by atoms with van der Waals surface area (Å²) in [5, 5.41) is 0. The highest BCUT2D eigenvalue weighted by Crippen LogP contribution is 2.12. The summed E-state index contributed by atoms with van der Waals surface area (Å²) in [5.41, 5.74) is 0. The third-order valence-corrected chi connectivity index (χ3v) is 1.85. The van der Waals surface area contributed by atoms with Crippen LogP contribution in [-0.4, -0.2) is 0 Å². The summed E-state index contributed by atoms with van der Waals surface area (Å²) in [6.45, 7) is 2.17. The average molecular weight is 148 g/mol. The Kier molecular flexibility index (Phi) is 3.74. The van der Waals surface area contributed by atoms with Gasteiger partial charge in [-0.1, -0.05) is 43.4 Å². The first-order chi connectivity index (χ1) is 5.43. The second-order valence-electron chi connectivity index (χ2n) is 2.87. The molecule has 1 aliphatic carbocycles. The lowest BCUT2D eigenvalue weighted by molar-refractivity contribution is 0.830. The van der Waals surface area contributed by atoms with Gasteiger partial charge in [0.25, 0.3) is 0 Å². The third kappa shape index (κ3) is 3.22. The van der Waals surface area contributed by atoms with Crippen molar-refractivity contribution in [1.82, 2.24) is 0 Å². The van der Waals surface area contributed by atoms with Gasteiger partial charge in [0.1, 0.15) is 0 Å². The van der Waals surface area contributed by atoms with Crippen molar-refractivity contribution in [2.75, 3.05) is 0 Å². The minimum atomic E-state index is 0.647. The van der Waals surface area contributed by atoms with Crippen LogP contribution in [0.15, 0.2) is 36.5 Å². The van der Waals surface area contributed by atoms with Crippen molar-refractivity contribution in [2.45, 2.75) is 26.2 Å². The Balaban J connectivity index is 2.44. The zero-order chi connectivity index (χ0) is 7.94. The van der Waals surface area contributed by atoms with Crippen LogP contribution in [0.5, 0.6) is 0 Å². The molecule has 1 rings (SSSR count). The van der Waals surface area contributed by atoms with Gasteiger partial charge in [-0.25, -0.2) is 0 Å². The molecule has 0 spiro atoms. The molecule has 0 fully saturated rings. The topological polar surface area (TPSA) is 0 Å². The highest BCUT2D eigenvalue weighted by Gasteiger charge is 1.97. The van der Waals surface area contributed by atoms with E-state index >= 15 is 0 Å². The van der Waals surface area contributed by atoms with Crippen LogP contribution in [0.3, 0.4) is 0 Å². The molecule has 0 aromatic rings. The molecule has 0 aromatic carbocycles. The molecule has 0 nitrogen and oxygen atoms in total. The lowest BCUT2D eigenvalue weighted by Gasteiger charge is -2.00. The second kappa shape index (κ2) is 4.95. The molecule has 1 aliphatic rings. The summed E-state index contributed by atoms with van der Waals surface area (Å²) in [5.74, 6) is 0.647. The normalized spacial score (nSPS) is 24.3. The quantitative estimate of drug-likeness (QED) is 0.526. The third-order valence-electron chi connectivity index (χ3n) is 1.85. The molecule has 0 saturated carbocycles. The van der Waals surface area contributed by atoms with E-state index < -0.39 is 0 Å². The first kappa shape index (κ1) is 8.32. The summed E-state index contributed by atoms with van der Waals surface area (Å²) in [6.07, 6.45) is 17.0. The van der Waals surface area contributed by atoms with Crippen molar-refractivity contribution in [2.24, 2.45) is 5.92 Å². The molecule has 0 heterocycles. The van der Waals surface area contributed by atoms with Gasteiger partial charge in [-0.2, -0.15) is 0 Å². The van der Waals surface area contributed by atoms with E-state index in [1.165, 1.54) is 6.42 Å². The molecule has 0 bridgehead atoms. The largest absolute Gasteiger partial charge is 0.0882 e. The van der Waals surface area contributed by atoms with Crippen LogP contribution in [0.25, 0.3) is 0 Å². The molecule has 0 aliphatic heterocycles. The Bertz CT molecular complexity index is 172. The van der Waals surface area contributed by atoms with Gasteiger partial charge in [0.15, 0.2) is 0 Å². The zero-order valence-corrected chi connectivity index (χ0v) is 7.16. The number of rotatable bonds is 2. The smallest absolute Gasteiger partial charge is 0.00189 e. The molecule has 1 atom stereocenters. The van der Waals surface area contributed by atoms with Gasteiger partial charge in [-0.15, -0.1) is 0 Å². The standard InChI is InChI=1S/C11H16/c1-2-3-8-11-9-6-4-5-7-10-11/h3-4,6-8,10-11H,2,5,9H2,1H3/t11-/m0/s1. The Morgan fingerprint density at radius 3 is 3.09 bits per heavy atom. The molecule has 60 valence electrons. The Labute approximate surface area is 69.3 Å². The van der Waals surface area contributed by atoms with Gasteiger partial charge in [0.05, 0.1) is 0 Å². The fraction of sp³-hybridized carbons (Fsp3) is 0.455. The molecular formula is C11H16. The predicted molar refractivity (Wildman–Crippen MR) is 50.4 cm³/mol. The maximum absolute atomic E-state index is 2.30. The summed E-state index contributed by atoms with van der Waals surface area (Å²) >= 11 is 0. The van der Waals surface area contributed by atoms with Gasteiger partial charge in [0, 0.05) is 0 Å². The van der Waals surface area contributed by atoms with E-state index in [-0.39, 0.29) is 0 Å². The lowest BCUT2D eigenvalue weighted by atomic mass is 10.1. The van der Waals surface area contributed by atoms with Gasteiger partial charge >= 0.3 is 0 Å². The molecule has 0 amide bonds. The molecular weight excluding hydrogens is 132 g/mol. The lowest BCUT2D eigenvalue weighted by Crippen LogP contribution is -1.86. The fourth-order valence-electron chi connectivity index (χ4n) is 1.21. The number of hydrogen-bond acceptors (Lipinski definition) is 0. The molecule has 0 N–H and O–H groups in total. The maximum Gasteiger partial charge on any atom is -0.00189 e. The molecule has 0 radical (unpaired) electrons. The van der Waals surface area contributed by atoms with Crippen LogP contribution in [0.1, 0.15) is 26.2 Å². The second-order valence-corrected chi connectivity index (χ2v) is 2.87. The minimum Gasteiger partial charge on any atom is -0.0882 e. The highest BCUT2D eigenvalue weighted by atomic mass is 14.0. The Morgan fingerprint density at radius 2 is 2.27 bits per heavy atom.